The number of allylic oxidation sites excluding steroid dienone is 1. The van der Waals surface area contributed by atoms with Crippen molar-refractivity contribution in [3.8, 4) is 0 Å². The molecular formula is C16H18ClNO2. The van der Waals surface area contributed by atoms with Gasteiger partial charge in [0.2, 0.25) is 0 Å². The van der Waals surface area contributed by atoms with E-state index >= 15 is 0 Å². The molecule has 1 aliphatic rings. The monoisotopic (exact) mass is 291 g/mol. The zero-order chi connectivity index (χ0) is 14.5. The second kappa shape index (κ2) is 6.82. The van der Waals surface area contributed by atoms with Gasteiger partial charge in [-0.15, -0.1) is 0 Å². The zero-order valence-electron chi connectivity index (χ0n) is 11.8. The highest BCUT2D eigenvalue weighted by molar-refractivity contribution is 6.30. The molecule has 106 valence electrons. The molecule has 0 radical (unpaired) electrons. The molecule has 0 bridgehead atoms. The maximum atomic E-state index is 12.6. The second-order valence-corrected chi connectivity index (χ2v) is 5.30. The molecule has 1 aromatic rings. The van der Waals surface area contributed by atoms with E-state index in [1.165, 1.54) is 0 Å². The minimum atomic E-state index is 0.0706. The van der Waals surface area contributed by atoms with Crippen LogP contribution in [-0.2, 0) is 11.2 Å². The average molecular weight is 292 g/mol. The molecule has 20 heavy (non-hydrogen) atoms. The first kappa shape index (κ1) is 14.9. The Morgan fingerprint density at radius 1 is 1.40 bits per heavy atom. The summed E-state index contributed by atoms with van der Waals surface area (Å²) in [5.74, 6) is 0.0706. The zero-order valence-corrected chi connectivity index (χ0v) is 12.5. The number of hydrogen-bond acceptors (Lipinski definition) is 3. The van der Waals surface area contributed by atoms with E-state index in [9.17, 15) is 4.79 Å². The number of methoxy groups -OCH3 is 1. The van der Waals surface area contributed by atoms with Crippen LogP contribution in [0.1, 0.15) is 29.3 Å². The van der Waals surface area contributed by atoms with E-state index in [0.29, 0.717) is 18.2 Å². The van der Waals surface area contributed by atoms with E-state index in [0.717, 1.165) is 35.1 Å². The van der Waals surface area contributed by atoms with Crippen molar-refractivity contribution in [2.75, 3.05) is 20.3 Å². The van der Waals surface area contributed by atoms with E-state index in [4.69, 9.17) is 16.3 Å². The fourth-order valence-corrected chi connectivity index (χ4v) is 2.50. The molecule has 4 heteroatoms. The van der Waals surface area contributed by atoms with E-state index < -0.39 is 0 Å². The highest BCUT2D eigenvalue weighted by Gasteiger charge is 2.21. The molecule has 0 spiro atoms. The van der Waals surface area contributed by atoms with Crippen LogP contribution in [0, 0.1) is 0 Å². The largest absolute Gasteiger partial charge is 0.379 e. The van der Waals surface area contributed by atoms with E-state index in [1.54, 1.807) is 19.4 Å². The Morgan fingerprint density at radius 3 is 2.95 bits per heavy atom. The number of halogens is 1. The first-order chi connectivity index (χ1) is 9.63. The minimum absolute atomic E-state index is 0.0706. The summed E-state index contributed by atoms with van der Waals surface area (Å²) >= 11 is 6.01. The lowest BCUT2D eigenvalue weighted by Crippen LogP contribution is -2.09. The summed E-state index contributed by atoms with van der Waals surface area (Å²) < 4.78 is 4.91. The van der Waals surface area contributed by atoms with Crippen LogP contribution in [0.2, 0.25) is 5.02 Å². The molecule has 1 aliphatic carbocycles. The van der Waals surface area contributed by atoms with Gasteiger partial charge in [-0.1, -0.05) is 17.2 Å². The number of aryl methyl sites for hydroxylation is 1. The van der Waals surface area contributed by atoms with Gasteiger partial charge in [-0.3, -0.25) is 9.79 Å². The quantitative estimate of drug-likeness (QED) is 0.796. The van der Waals surface area contributed by atoms with Crippen molar-refractivity contribution in [1.29, 1.82) is 0 Å². The lowest BCUT2D eigenvalue weighted by atomic mass is 9.99. The van der Waals surface area contributed by atoms with Gasteiger partial charge >= 0.3 is 0 Å². The Morgan fingerprint density at radius 2 is 2.20 bits per heavy atom. The van der Waals surface area contributed by atoms with E-state index in [-0.39, 0.29) is 5.78 Å². The number of carbonyl (C=O) groups is 1. The van der Waals surface area contributed by atoms with Crippen molar-refractivity contribution in [2.24, 2.45) is 4.99 Å². The smallest absolute Gasteiger partial charge is 0.191 e. The number of ether oxygens (including phenoxy) is 1. The standard InChI is InChI=1S/C16H18ClNO2/c1-11-3-4-12-9-13(17)5-6-14(12)16(19)15(11)10-18-7-8-20-2/h5-7,9H,3-4,8,10H2,1-2H3. The van der Waals surface area contributed by atoms with E-state index in [2.05, 4.69) is 4.99 Å². The maximum Gasteiger partial charge on any atom is 0.191 e. The highest BCUT2D eigenvalue weighted by Crippen LogP contribution is 2.27. The number of aliphatic imine (C=N–C) groups is 1. The van der Waals surface area contributed by atoms with Crippen LogP contribution in [0.5, 0.6) is 0 Å². The Hall–Kier alpha value is -1.45. The van der Waals surface area contributed by atoms with Crippen LogP contribution in [-0.4, -0.2) is 32.3 Å². The lowest BCUT2D eigenvalue weighted by Gasteiger charge is -2.07. The highest BCUT2D eigenvalue weighted by atomic mass is 35.5. The van der Waals surface area contributed by atoms with Crippen molar-refractivity contribution < 1.29 is 9.53 Å². The molecule has 1 aromatic carbocycles. The summed E-state index contributed by atoms with van der Waals surface area (Å²) in [6.45, 7) is 2.88. The third-order valence-electron chi connectivity index (χ3n) is 3.49. The van der Waals surface area contributed by atoms with Crippen LogP contribution in [0.3, 0.4) is 0 Å². The molecular weight excluding hydrogens is 274 g/mol. The molecule has 0 aromatic heterocycles. The van der Waals surface area contributed by atoms with Crippen LogP contribution in [0.15, 0.2) is 34.3 Å². The molecule has 3 nitrogen and oxygen atoms in total. The van der Waals surface area contributed by atoms with Gasteiger partial charge in [-0.2, -0.15) is 0 Å². The van der Waals surface area contributed by atoms with Crippen LogP contribution >= 0.6 is 11.6 Å². The van der Waals surface area contributed by atoms with Gasteiger partial charge in [0.15, 0.2) is 5.78 Å². The fraction of sp³-hybridized carbons (Fsp3) is 0.375. The molecule has 2 rings (SSSR count). The van der Waals surface area contributed by atoms with Gasteiger partial charge in [0.1, 0.15) is 0 Å². The normalized spacial score (nSPS) is 15.7. The summed E-state index contributed by atoms with van der Waals surface area (Å²) in [5, 5.41) is 0.677. The molecule has 0 saturated heterocycles. The number of Topliss-reactive ketones (excluding diaryl/α,β-unsaturated/α-hetero) is 1. The predicted octanol–water partition coefficient (Wildman–Crippen LogP) is 3.50. The molecule has 0 unspecified atom stereocenters. The molecule has 0 amide bonds. The number of fused-ring (bicyclic) bond motifs is 1. The lowest BCUT2D eigenvalue weighted by molar-refractivity contribution is 0.103. The summed E-state index contributed by atoms with van der Waals surface area (Å²) in [5.41, 5.74) is 3.68. The first-order valence-corrected chi connectivity index (χ1v) is 7.00. The molecule has 0 N–H and O–H groups in total. The van der Waals surface area contributed by atoms with Gasteiger partial charge in [0.05, 0.1) is 13.2 Å². The average Bonchev–Trinajstić information content (AvgIpc) is 2.54. The van der Waals surface area contributed by atoms with Gasteiger partial charge < -0.3 is 4.74 Å². The Balaban J connectivity index is 2.27. The number of ketones is 1. The third-order valence-corrected chi connectivity index (χ3v) is 3.73. The van der Waals surface area contributed by atoms with Gasteiger partial charge in [0, 0.05) is 29.5 Å². The van der Waals surface area contributed by atoms with Crippen LogP contribution in [0.4, 0.5) is 0 Å². The molecule has 0 fully saturated rings. The Kier molecular flexibility index (Phi) is 5.10. The Labute approximate surface area is 124 Å². The van der Waals surface area contributed by atoms with Crippen molar-refractivity contribution in [2.45, 2.75) is 19.8 Å². The van der Waals surface area contributed by atoms with Crippen molar-refractivity contribution in [3.63, 3.8) is 0 Å². The van der Waals surface area contributed by atoms with Gasteiger partial charge in [-0.05, 0) is 43.5 Å². The first-order valence-electron chi connectivity index (χ1n) is 6.62. The van der Waals surface area contributed by atoms with Gasteiger partial charge in [0.25, 0.3) is 0 Å². The topological polar surface area (TPSA) is 38.7 Å². The fourth-order valence-electron chi connectivity index (χ4n) is 2.31. The van der Waals surface area contributed by atoms with Gasteiger partial charge in [-0.25, -0.2) is 0 Å². The number of carbonyl (C=O) groups excluding carboxylic acids is 1. The SMILES string of the molecule is COCC=NCC1=C(C)CCc2cc(Cl)ccc2C1=O. The third kappa shape index (κ3) is 3.35. The molecule has 0 saturated carbocycles. The summed E-state index contributed by atoms with van der Waals surface area (Å²) in [6, 6.07) is 5.47. The second-order valence-electron chi connectivity index (χ2n) is 4.87. The van der Waals surface area contributed by atoms with Crippen LogP contribution < -0.4 is 0 Å². The molecule has 0 heterocycles. The Bertz CT molecular complexity index is 576. The van der Waals surface area contributed by atoms with Crippen molar-refractivity contribution in [1.82, 2.24) is 0 Å². The minimum Gasteiger partial charge on any atom is -0.379 e. The summed E-state index contributed by atoms with van der Waals surface area (Å²) in [4.78, 5) is 16.9. The number of benzene rings is 1. The van der Waals surface area contributed by atoms with Crippen molar-refractivity contribution >= 4 is 23.6 Å². The maximum absolute atomic E-state index is 12.6. The molecule has 0 aliphatic heterocycles. The molecule has 0 atom stereocenters. The number of nitrogens with zero attached hydrogens (tertiary/aromatic N) is 1. The van der Waals surface area contributed by atoms with Crippen molar-refractivity contribution in [3.05, 3.63) is 45.5 Å². The summed E-state index contributed by atoms with van der Waals surface area (Å²) in [7, 11) is 1.62. The number of rotatable bonds is 4. The number of hydrogen-bond donors (Lipinski definition) is 0. The van der Waals surface area contributed by atoms with Crippen LogP contribution in [0.25, 0.3) is 0 Å². The predicted molar refractivity (Wildman–Crippen MR) is 82.0 cm³/mol. The van der Waals surface area contributed by atoms with E-state index in [1.807, 2.05) is 19.1 Å². The summed E-state index contributed by atoms with van der Waals surface area (Å²) in [6.07, 6.45) is 3.41.